The van der Waals surface area contributed by atoms with Gasteiger partial charge in [0.25, 0.3) is 0 Å². The molecular formula is C16H28N2O5. The van der Waals surface area contributed by atoms with Gasteiger partial charge in [0.15, 0.2) is 0 Å². The van der Waals surface area contributed by atoms with Crippen LogP contribution in [0.25, 0.3) is 0 Å². The smallest absolute Gasteiger partial charge is 0.450 e. The van der Waals surface area contributed by atoms with Gasteiger partial charge < -0.3 is 21.7 Å². The molecule has 132 valence electrons. The highest BCUT2D eigenvalue weighted by Crippen LogP contribution is 2.38. The van der Waals surface area contributed by atoms with Crippen molar-refractivity contribution in [1.82, 2.24) is 0 Å². The second-order valence-electron chi connectivity index (χ2n) is 6.76. The van der Waals surface area contributed by atoms with Crippen molar-refractivity contribution in [3.05, 3.63) is 0 Å². The van der Waals surface area contributed by atoms with Gasteiger partial charge in [-0.15, -0.1) is 0 Å². The first kappa shape index (κ1) is 19.3. The van der Waals surface area contributed by atoms with E-state index >= 15 is 0 Å². The molecule has 23 heavy (non-hydrogen) atoms. The number of hydrogen-bond donors (Lipinski definition) is 4. The molecule has 0 unspecified atom stereocenters. The van der Waals surface area contributed by atoms with Gasteiger partial charge in [0.05, 0.1) is 0 Å². The number of amides is 2. The van der Waals surface area contributed by atoms with Crippen molar-refractivity contribution in [2.45, 2.75) is 57.8 Å². The summed E-state index contributed by atoms with van der Waals surface area (Å²) >= 11 is 0. The van der Waals surface area contributed by atoms with Gasteiger partial charge >= 0.3 is 6.16 Å². The lowest BCUT2D eigenvalue weighted by Crippen LogP contribution is -2.30. The van der Waals surface area contributed by atoms with Gasteiger partial charge in [-0.25, -0.2) is 4.79 Å². The summed E-state index contributed by atoms with van der Waals surface area (Å²) in [7, 11) is 0. The Hall–Kier alpha value is -1.79. The van der Waals surface area contributed by atoms with Crippen molar-refractivity contribution >= 4 is 18.0 Å². The molecule has 2 rings (SSSR count). The van der Waals surface area contributed by atoms with Gasteiger partial charge in [-0.05, 0) is 69.6 Å². The molecule has 0 radical (unpaired) electrons. The van der Waals surface area contributed by atoms with Gasteiger partial charge in [0.1, 0.15) is 0 Å². The number of carbonyl (C=O) groups excluding carboxylic acids is 2. The van der Waals surface area contributed by atoms with Crippen LogP contribution in [0.2, 0.25) is 0 Å². The Morgan fingerprint density at radius 1 is 0.696 bits per heavy atom. The third-order valence-corrected chi connectivity index (χ3v) is 5.16. The quantitative estimate of drug-likeness (QED) is 0.625. The first-order chi connectivity index (χ1) is 10.8. The topological polar surface area (TPSA) is 144 Å². The van der Waals surface area contributed by atoms with Crippen LogP contribution in [0.1, 0.15) is 57.8 Å². The second-order valence-corrected chi connectivity index (χ2v) is 6.76. The largest absolute Gasteiger partial charge is 0.503 e. The van der Waals surface area contributed by atoms with E-state index in [1.54, 1.807) is 0 Å². The summed E-state index contributed by atoms with van der Waals surface area (Å²) in [6.07, 6.45) is 7.87. The molecule has 0 heterocycles. The van der Waals surface area contributed by atoms with Crippen LogP contribution in [0, 0.1) is 23.7 Å². The number of nitrogens with two attached hydrogens (primary N) is 2. The lowest BCUT2D eigenvalue weighted by atomic mass is 9.73. The molecule has 2 amide bonds. The van der Waals surface area contributed by atoms with Crippen LogP contribution in [-0.4, -0.2) is 28.2 Å². The Morgan fingerprint density at radius 3 is 1.17 bits per heavy atom. The van der Waals surface area contributed by atoms with E-state index in [-0.39, 0.29) is 23.7 Å². The standard InChI is InChI=1S/C15H26N2O2.CH2O3/c16-14(18)12-5-1-10(2-6-12)9-11-3-7-13(8-4-11)15(17)19;2-1(3)4/h10-13H,1-9H2,(H2,16,18)(H2,17,19);(H2,2,3,4). The monoisotopic (exact) mass is 328 g/mol. The molecule has 2 saturated carbocycles. The molecule has 2 fully saturated rings. The molecule has 0 aromatic rings. The Morgan fingerprint density at radius 2 is 0.957 bits per heavy atom. The van der Waals surface area contributed by atoms with Crippen molar-refractivity contribution in [2.24, 2.45) is 35.1 Å². The predicted octanol–water partition coefficient (Wildman–Crippen LogP) is 2.18. The molecule has 7 nitrogen and oxygen atoms in total. The van der Waals surface area contributed by atoms with E-state index < -0.39 is 6.16 Å². The number of carbonyl (C=O) groups is 3. The predicted molar refractivity (Wildman–Crippen MR) is 84.6 cm³/mol. The lowest BCUT2D eigenvalue weighted by Gasteiger charge is -2.32. The minimum atomic E-state index is -1.83. The first-order valence-electron chi connectivity index (χ1n) is 8.30. The zero-order valence-corrected chi connectivity index (χ0v) is 13.4. The molecule has 2 aliphatic rings. The minimum Gasteiger partial charge on any atom is -0.450 e. The zero-order chi connectivity index (χ0) is 17.4. The van der Waals surface area contributed by atoms with E-state index in [1.165, 1.54) is 6.42 Å². The molecule has 0 spiro atoms. The fourth-order valence-electron chi connectivity index (χ4n) is 3.84. The van der Waals surface area contributed by atoms with Crippen LogP contribution in [0.3, 0.4) is 0 Å². The van der Waals surface area contributed by atoms with E-state index in [2.05, 4.69) is 0 Å². The third-order valence-electron chi connectivity index (χ3n) is 5.16. The maximum Gasteiger partial charge on any atom is 0.503 e. The number of rotatable bonds is 4. The van der Waals surface area contributed by atoms with Gasteiger partial charge in [-0.1, -0.05) is 0 Å². The van der Waals surface area contributed by atoms with Crippen molar-refractivity contribution < 1.29 is 24.6 Å². The summed E-state index contributed by atoms with van der Waals surface area (Å²) in [6.45, 7) is 0. The van der Waals surface area contributed by atoms with E-state index in [1.807, 2.05) is 0 Å². The summed E-state index contributed by atoms with van der Waals surface area (Å²) in [4.78, 5) is 30.8. The van der Waals surface area contributed by atoms with Crippen LogP contribution in [0.4, 0.5) is 4.79 Å². The minimum absolute atomic E-state index is 0.113. The van der Waals surface area contributed by atoms with Crippen molar-refractivity contribution in [3.8, 4) is 0 Å². The van der Waals surface area contributed by atoms with Crippen LogP contribution in [0.5, 0.6) is 0 Å². The maximum absolute atomic E-state index is 11.1. The second kappa shape index (κ2) is 9.37. The van der Waals surface area contributed by atoms with E-state index in [0.717, 1.165) is 63.2 Å². The van der Waals surface area contributed by atoms with Crippen molar-refractivity contribution in [1.29, 1.82) is 0 Å². The Bertz CT molecular complexity index is 375. The third kappa shape index (κ3) is 7.34. The molecule has 7 heteroatoms. The molecule has 6 N–H and O–H groups in total. The summed E-state index contributed by atoms with van der Waals surface area (Å²) < 4.78 is 0. The molecule has 0 aromatic carbocycles. The molecule has 2 aliphatic carbocycles. The fourth-order valence-corrected chi connectivity index (χ4v) is 3.84. The SMILES string of the molecule is NC(=O)C1CCC(CC2CCC(C(N)=O)CC2)CC1.O=C(O)O. The highest BCUT2D eigenvalue weighted by atomic mass is 16.6. The fraction of sp³-hybridized carbons (Fsp3) is 0.812. The lowest BCUT2D eigenvalue weighted by molar-refractivity contribution is -0.123. The van der Waals surface area contributed by atoms with Crippen LogP contribution >= 0.6 is 0 Å². The van der Waals surface area contributed by atoms with Crippen molar-refractivity contribution in [2.75, 3.05) is 0 Å². The molecule has 0 atom stereocenters. The van der Waals surface area contributed by atoms with Gasteiger partial charge in [-0.2, -0.15) is 0 Å². The normalized spacial score (nSPS) is 30.6. The van der Waals surface area contributed by atoms with E-state index in [9.17, 15) is 9.59 Å². The Balaban J connectivity index is 0.000000593. The first-order valence-corrected chi connectivity index (χ1v) is 8.30. The summed E-state index contributed by atoms with van der Waals surface area (Å²) in [6, 6.07) is 0. The average Bonchev–Trinajstić information content (AvgIpc) is 2.47. The van der Waals surface area contributed by atoms with E-state index in [4.69, 9.17) is 26.5 Å². The maximum atomic E-state index is 11.1. The van der Waals surface area contributed by atoms with Crippen molar-refractivity contribution in [3.63, 3.8) is 0 Å². The molecular weight excluding hydrogens is 300 g/mol. The van der Waals surface area contributed by atoms with E-state index in [0.29, 0.717) is 0 Å². The van der Waals surface area contributed by atoms with Crippen LogP contribution in [-0.2, 0) is 9.59 Å². The zero-order valence-electron chi connectivity index (χ0n) is 13.4. The average molecular weight is 328 g/mol. The number of primary amides is 2. The van der Waals surface area contributed by atoms with Crippen LogP contribution < -0.4 is 11.5 Å². The highest BCUT2D eigenvalue weighted by molar-refractivity contribution is 5.77. The molecule has 0 aromatic heterocycles. The van der Waals surface area contributed by atoms with Gasteiger partial charge in [-0.3, -0.25) is 9.59 Å². The van der Waals surface area contributed by atoms with Crippen LogP contribution in [0.15, 0.2) is 0 Å². The Kier molecular flexibility index (Phi) is 7.85. The molecule has 0 aliphatic heterocycles. The molecule has 0 bridgehead atoms. The number of carboxylic acid groups (broad SMARTS) is 2. The summed E-state index contributed by atoms with van der Waals surface area (Å²) in [5.74, 6) is 1.49. The Labute approximate surface area is 136 Å². The van der Waals surface area contributed by atoms with Gasteiger partial charge in [0.2, 0.25) is 11.8 Å². The number of hydrogen-bond acceptors (Lipinski definition) is 3. The summed E-state index contributed by atoms with van der Waals surface area (Å²) in [5.41, 5.74) is 10.7. The van der Waals surface area contributed by atoms with Gasteiger partial charge in [0, 0.05) is 11.8 Å². The highest BCUT2D eigenvalue weighted by Gasteiger charge is 2.29. The molecule has 0 saturated heterocycles. The summed E-state index contributed by atoms with van der Waals surface area (Å²) in [5, 5.41) is 13.9.